The van der Waals surface area contributed by atoms with Crippen LogP contribution in [0.3, 0.4) is 0 Å². The number of ether oxygens (including phenoxy) is 1. The van der Waals surface area contributed by atoms with Crippen molar-refractivity contribution >= 4 is 5.84 Å². The van der Waals surface area contributed by atoms with E-state index in [-0.39, 0.29) is 5.84 Å². The van der Waals surface area contributed by atoms with E-state index in [2.05, 4.69) is 21.9 Å². The predicted molar refractivity (Wildman–Crippen MR) is 68.8 cm³/mol. The van der Waals surface area contributed by atoms with Crippen molar-refractivity contribution in [3.63, 3.8) is 0 Å². The number of nitrogens with two attached hydrogens (primary N) is 1. The highest BCUT2D eigenvalue weighted by molar-refractivity contribution is 5.92. The molecule has 2 heterocycles. The largest absolute Gasteiger partial charge is 0.462 e. The van der Waals surface area contributed by atoms with Gasteiger partial charge < -0.3 is 15.4 Å². The smallest absolute Gasteiger partial charge is 0.317 e. The molecule has 0 aromatic carbocycles. The normalized spacial score (nSPS) is 20.6. The number of hydrogen-bond acceptors (Lipinski definition) is 5. The van der Waals surface area contributed by atoms with Gasteiger partial charge in [-0.3, -0.25) is 5.41 Å². The zero-order valence-corrected chi connectivity index (χ0v) is 10.6. The zero-order valence-electron chi connectivity index (χ0n) is 10.6. The number of amidine groups is 1. The summed E-state index contributed by atoms with van der Waals surface area (Å²) in [5.74, 6) is -0.0722. The van der Waals surface area contributed by atoms with Gasteiger partial charge in [0, 0.05) is 12.2 Å². The van der Waals surface area contributed by atoms with Crippen molar-refractivity contribution in [2.24, 2.45) is 5.73 Å². The van der Waals surface area contributed by atoms with E-state index in [9.17, 15) is 0 Å². The summed E-state index contributed by atoms with van der Waals surface area (Å²) in [6.45, 7) is 1.69. The molecule has 1 aromatic rings. The molecule has 18 heavy (non-hydrogen) atoms. The number of nitrogens with zero attached hydrogens (tertiary/aromatic N) is 3. The molecule has 1 atom stereocenters. The predicted octanol–water partition coefficient (Wildman–Crippen LogP) is 0.624. The molecule has 0 aliphatic carbocycles. The second-order valence-corrected chi connectivity index (χ2v) is 4.58. The van der Waals surface area contributed by atoms with Gasteiger partial charge in [0.15, 0.2) is 0 Å². The van der Waals surface area contributed by atoms with Gasteiger partial charge in [0.1, 0.15) is 18.1 Å². The van der Waals surface area contributed by atoms with Crippen LogP contribution in [-0.2, 0) is 0 Å². The Balaban J connectivity index is 1.93. The van der Waals surface area contributed by atoms with Crippen LogP contribution in [0.25, 0.3) is 0 Å². The number of nitrogens with one attached hydrogen (secondary N) is 1. The minimum absolute atomic E-state index is 0.0722. The molecular weight excluding hydrogens is 230 g/mol. The molecule has 6 heteroatoms. The van der Waals surface area contributed by atoms with Crippen LogP contribution in [0.5, 0.6) is 6.01 Å². The number of hydrogen-bond donors (Lipinski definition) is 2. The molecule has 1 unspecified atom stereocenters. The maximum Gasteiger partial charge on any atom is 0.317 e. The second-order valence-electron chi connectivity index (χ2n) is 4.58. The molecule has 1 saturated heterocycles. The number of likely N-dealkylation sites (tertiary alicyclic amines) is 1. The van der Waals surface area contributed by atoms with Crippen molar-refractivity contribution in [3.05, 3.63) is 18.0 Å². The van der Waals surface area contributed by atoms with Crippen LogP contribution in [-0.4, -0.2) is 46.9 Å². The fourth-order valence-corrected chi connectivity index (χ4v) is 2.09. The molecule has 1 aromatic heterocycles. The lowest BCUT2D eigenvalue weighted by atomic mass is 10.0. The van der Waals surface area contributed by atoms with E-state index < -0.39 is 0 Å². The standard InChI is InChI=1S/C12H19N5O/c1-17-7-3-2-4-9(17)8-18-12-15-6-5-10(16-12)11(13)14/h5-6,9H,2-4,7-8H2,1H3,(H3,13,14). The quantitative estimate of drug-likeness (QED) is 0.603. The van der Waals surface area contributed by atoms with Crippen LogP contribution in [0.15, 0.2) is 12.3 Å². The molecule has 0 radical (unpaired) electrons. The van der Waals surface area contributed by atoms with Crippen molar-refractivity contribution in [2.45, 2.75) is 25.3 Å². The maximum absolute atomic E-state index is 7.32. The summed E-state index contributed by atoms with van der Waals surface area (Å²) in [6, 6.07) is 2.31. The lowest BCUT2D eigenvalue weighted by Gasteiger charge is -2.31. The second kappa shape index (κ2) is 5.77. The molecule has 98 valence electrons. The third-order valence-corrected chi connectivity index (χ3v) is 3.24. The summed E-state index contributed by atoms with van der Waals surface area (Å²) in [6.07, 6.45) is 5.20. The van der Waals surface area contributed by atoms with Crippen LogP contribution in [0, 0.1) is 5.41 Å². The van der Waals surface area contributed by atoms with Crippen molar-refractivity contribution in [2.75, 3.05) is 20.2 Å². The highest BCUT2D eigenvalue weighted by atomic mass is 16.5. The van der Waals surface area contributed by atoms with Crippen LogP contribution >= 0.6 is 0 Å². The number of rotatable bonds is 4. The first-order chi connectivity index (χ1) is 8.66. The molecule has 0 spiro atoms. The molecule has 0 amide bonds. The van der Waals surface area contributed by atoms with Crippen LogP contribution in [0.2, 0.25) is 0 Å². The summed E-state index contributed by atoms with van der Waals surface area (Å²) >= 11 is 0. The average molecular weight is 249 g/mol. The molecule has 0 saturated carbocycles. The molecule has 1 fully saturated rings. The summed E-state index contributed by atoms with van der Waals surface area (Å²) in [5, 5.41) is 7.32. The zero-order chi connectivity index (χ0) is 13.0. The fourth-order valence-electron chi connectivity index (χ4n) is 2.09. The number of nitrogen functional groups attached to an aromatic ring is 1. The van der Waals surface area contributed by atoms with E-state index in [0.29, 0.717) is 24.4 Å². The Morgan fingerprint density at radius 2 is 2.44 bits per heavy atom. The van der Waals surface area contributed by atoms with Gasteiger partial charge in [-0.25, -0.2) is 4.98 Å². The average Bonchev–Trinajstić information content (AvgIpc) is 2.38. The van der Waals surface area contributed by atoms with Crippen molar-refractivity contribution in [1.29, 1.82) is 5.41 Å². The Hall–Kier alpha value is -1.69. The van der Waals surface area contributed by atoms with E-state index in [4.69, 9.17) is 15.9 Å². The third kappa shape index (κ3) is 3.16. The van der Waals surface area contributed by atoms with Crippen LogP contribution < -0.4 is 10.5 Å². The molecule has 1 aliphatic heterocycles. The first-order valence-electron chi connectivity index (χ1n) is 6.17. The minimum Gasteiger partial charge on any atom is -0.462 e. The molecule has 0 bridgehead atoms. The van der Waals surface area contributed by atoms with Gasteiger partial charge in [-0.15, -0.1) is 0 Å². The van der Waals surface area contributed by atoms with Crippen LogP contribution in [0.4, 0.5) is 0 Å². The van der Waals surface area contributed by atoms with E-state index in [1.165, 1.54) is 12.8 Å². The van der Waals surface area contributed by atoms with Gasteiger partial charge in [0.05, 0.1) is 0 Å². The Bertz CT molecular complexity index is 423. The number of aromatic nitrogens is 2. The van der Waals surface area contributed by atoms with Crippen molar-refractivity contribution in [3.8, 4) is 6.01 Å². The van der Waals surface area contributed by atoms with Gasteiger partial charge in [-0.1, -0.05) is 6.42 Å². The monoisotopic (exact) mass is 249 g/mol. The van der Waals surface area contributed by atoms with E-state index in [1.807, 2.05) is 0 Å². The SMILES string of the molecule is CN1CCCCC1COc1nccc(C(=N)N)n1. The Labute approximate surface area is 107 Å². The highest BCUT2D eigenvalue weighted by Crippen LogP contribution is 2.15. The maximum atomic E-state index is 7.32. The van der Waals surface area contributed by atoms with Gasteiger partial charge in [0.2, 0.25) is 0 Å². The number of piperidine rings is 1. The summed E-state index contributed by atoms with van der Waals surface area (Å²) in [4.78, 5) is 10.4. The molecule has 6 nitrogen and oxygen atoms in total. The molecule has 2 rings (SSSR count). The first-order valence-corrected chi connectivity index (χ1v) is 6.17. The van der Waals surface area contributed by atoms with Crippen molar-refractivity contribution < 1.29 is 4.74 Å². The van der Waals surface area contributed by atoms with E-state index in [1.54, 1.807) is 12.3 Å². The minimum atomic E-state index is -0.0722. The van der Waals surface area contributed by atoms with E-state index in [0.717, 1.165) is 13.0 Å². The summed E-state index contributed by atoms with van der Waals surface area (Å²) in [7, 11) is 2.11. The van der Waals surface area contributed by atoms with Gasteiger partial charge >= 0.3 is 6.01 Å². The molecule has 1 aliphatic rings. The third-order valence-electron chi connectivity index (χ3n) is 3.24. The van der Waals surface area contributed by atoms with Gasteiger partial charge in [0.25, 0.3) is 0 Å². The topological polar surface area (TPSA) is 88.1 Å². The Morgan fingerprint density at radius 1 is 1.61 bits per heavy atom. The Morgan fingerprint density at radius 3 is 3.17 bits per heavy atom. The van der Waals surface area contributed by atoms with E-state index >= 15 is 0 Å². The van der Waals surface area contributed by atoms with Crippen molar-refractivity contribution in [1.82, 2.24) is 14.9 Å². The summed E-state index contributed by atoms with van der Waals surface area (Å²) < 4.78 is 5.59. The Kier molecular flexibility index (Phi) is 4.09. The molecular formula is C12H19N5O. The number of likely N-dealkylation sites (N-methyl/N-ethyl adjacent to an activating group) is 1. The first kappa shape index (κ1) is 12.8. The fraction of sp³-hybridized carbons (Fsp3) is 0.583. The van der Waals surface area contributed by atoms with Gasteiger partial charge in [-0.05, 0) is 32.5 Å². The lowest BCUT2D eigenvalue weighted by Crippen LogP contribution is -2.40. The lowest BCUT2D eigenvalue weighted by molar-refractivity contribution is 0.120. The summed E-state index contributed by atoms with van der Waals surface area (Å²) in [5.41, 5.74) is 5.77. The van der Waals surface area contributed by atoms with Gasteiger partial charge in [-0.2, -0.15) is 4.98 Å². The molecule has 3 N–H and O–H groups in total. The van der Waals surface area contributed by atoms with Crippen LogP contribution in [0.1, 0.15) is 25.0 Å². The highest BCUT2D eigenvalue weighted by Gasteiger charge is 2.19.